The van der Waals surface area contributed by atoms with Crippen LogP contribution in [0.1, 0.15) is 87.8 Å². The highest BCUT2D eigenvalue weighted by Gasteiger charge is 2.44. The molecule has 218 valence electrons. The molecule has 0 radical (unpaired) electrons. The standard InChI is InChI=1S/C30H38O4S6/c1-5-7-9-11-13-21-19-25(39(31,32)29(21)23-15-17-27(35-3)37-23)26-20-22(14-12-10-8-6-2)30(40(26,33)34)24-16-18-28(36-4)38-24/h15-20H,5-14H2,1-4H3. The summed E-state index contributed by atoms with van der Waals surface area (Å²) in [6, 6.07) is 7.61. The van der Waals surface area contributed by atoms with Crippen molar-refractivity contribution in [2.24, 2.45) is 0 Å². The van der Waals surface area contributed by atoms with Crippen molar-refractivity contribution in [3.8, 4) is 0 Å². The number of hydrogen-bond donors (Lipinski definition) is 0. The Morgan fingerprint density at radius 2 is 1.00 bits per heavy atom. The summed E-state index contributed by atoms with van der Waals surface area (Å²) in [5.41, 5.74) is 1.46. The molecular formula is C30H38O4S6. The van der Waals surface area contributed by atoms with Gasteiger partial charge in [-0.1, -0.05) is 52.4 Å². The second-order valence-electron chi connectivity index (χ2n) is 10.00. The number of rotatable bonds is 15. The fraction of sp³-hybridized carbons (Fsp3) is 0.467. The predicted molar refractivity (Wildman–Crippen MR) is 178 cm³/mol. The molecule has 0 amide bonds. The SMILES string of the molecule is CCCCCCC1=C(c2ccc(SC)s2)S(=O)(=O)C(C2=CC(CCCCCC)=C(c3ccc(SC)s3)S2(=O)=O)=C1. The highest BCUT2D eigenvalue weighted by molar-refractivity contribution is 8.10. The smallest absolute Gasteiger partial charge is 0.209 e. The van der Waals surface area contributed by atoms with E-state index in [4.69, 9.17) is 0 Å². The molecule has 0 atom stereocenters. The Bertz CT molecular complexity index is 1440. The third kappa shape index (κ3) is 6.62. The molecule has 0 bridgehead atoms. The first-order valence-corrected chi connectivity index (χ1v) is 20.9. The lowest BCUT2D eigenvalue weighted by atomic mass is 10.0. The monoisotopic (exact) mass is 654 g/mol. The lowest BCUT2D eigenvalue weighted by molar-refractivity contribution is 0.607. The Morgan fingerprint density at radius 1 is 0.600 bits per heavy atom. The number of unbranched alkanes of at least 4 members (excludes halogenated alkanes) is 6. The van der Waals surface area contributed by atoms with E-state index >= 15 is 0 Å². The fourth-order valence-corrected chi connectivity index (χ4v) is 13.1. The average Bonchev–Trinajstić information content (AvgIpc) is 3.68. The first-order chi connectivity index (χ1) is 19.2. The minimum absolute atomic E-state index is 0.0604. The Balaban J connectivity index is 1.77. The lowest BCUT2D eigenvalue weighted by Crippen LogP contribution is -2.11. The summed E-state index contributed by atoms with van der Waals surface area (Å²) in [6.45, 7) is 4.30. The summed E-state index contributed by atoms with van der Waals surface area (Å²) < 4.78 is 58.9. The highest BCUT2D eigenvalue weighted by atomic mass is 32.2. The van der Waals surface area contributed by atoms with E-state index in [1.807, 2.05) is 36.8 Å². The molecule has 0 fully saturated rings. The minimum atomic E-state index is -4.01. The fourth-order valence-electron chi connectivity index (χ4n) is 5.12. The topological polar surface area (TPSA) is 68.3 Å². The number of sulfone groups is 2. The first-order valence-electron chi connectivity index (χ1n) is 13.9. The van der Waals surface area contributed by atoms with E-state index < -0.39 is 19.7 Å². The van der Waals surface area contributed by atoms with Gasteiger partial charge in [-0.05, 0) is 85.8 Å². The average molecular weight is 655 g/mol. The van der Waals surface area contributed by atoms with Crippen LogP contribution in [-0.4, -0.2) is 29.3 Å². The molecule has 4 nitrogen and oxygen atoms in total. The lowest BCUT2D eigenvalue weighted by Gasteiger charge is -2.10. The number of allylic oxidation sites excluding steroid dienone is 4. The van der Waals surface area contributed by atoms with Crippen molar-refractivity contribution in [2.75, 3.05) is 12.5 Å². The van der Waals surface area contributed by atoms with Gasteiger partial charge in [-0.3, -0.25) is 0 Å². The largest absolute Gasteiger partial charge is 0.218 e. The molecule has 2 aromatic heterocycles. The van der Waals surface area contributed by atoms with Gasteiger partial charge in [0.1, 0.15) is 0 Å². The van der Waals surface area contributed by atoms with Gasteiger partial charge in [-0.25, -0.2) is 16.8 Å². The van der Waals surface area contributed by atoms with Crippen LogP contribution in [0.3, 0.4) is 0 Å². The van der Waals surface area contributed by atoms with Crippen LogP contribution in [0, 0.1) is 0 Å². The molecule has 2 aliphatic heterocycles. The first kappa shape index (κ1) is 31.9. The van der Waals surface area contributed by atoms with E-state index in [0.29, 0.717) is 32.4 Å². The van der Waals surface area contributed by atoms with E-state index in [1.54, 1.807) is 35.7 Å². The zero-order chi connectivity index (χ0) is 28.9. The van der Waals surface area contributed by atoms with Crippen LogP contribution in [-0.2, 0) is 19.7 Å². The van der Waals surface area contributed by atoms with Crippen molar-refractivity contribution in [1.29, 1.82) is 0 Å². The Labute approximate surface area is 257 Å². The van der Waals surface area contributed by atoms with E-state index in [2.05, 4.69) is 13.8 Å². The van der Waals surface area contributed by atoms with Gasteiger partial charge in [0.25, 0.3) is 0 Å². The Kier molecular flexibility index (Phi) is 11.1. The Morgan fingerprint density at radius 3 is 1.32 bits per heavy atom. The second kappa shape index (κ2) is 14.0. The van der Waals surface area contributed by atoms with Gasteiger partial charge >= 0.3 is 0 Å². The maximum absolute atomic E-state index is 14.2. The zero-order valence-electron chi connectivity index (χ0n) is 23.6. The van der Waals surface area contributed by atoms with Gasteiger partial charge in [-0.2, -0.15) is 0 Å². The molecular weight excluding hydrogens is 617 g/mol. The van der Waals surface area contributed by atoms with Crippen molar-refractivity contribution in [1.82, 2.24) is 0 Å². The van der Waals surface area contributed by atoms with Crippen molar-refractivity contribution < 1.29 is 16.8 Å². The van der Waals surface area contributed by atoms with Crippen molar-refractivity contribution in [3.05, 3.63) is 67.1 Å². The summed E-state index contributed by atoms with van der Waals surface area (Å²) in [6.07, 6.45) is 16.6. The van der Waals surface area contributed by atoms with Gasteiger partial charge in [0.15, 0.2) is 0 Å². The van der Waals surface area contributed by atoms with Crippen LogP contribution in [0.2, 0.25) is 0 Å². The Hall–Kier alpha value is -1.04. The predicted octanol–water partition coefficient (Wildman–Crippen LogP) is 9.94. The molecule has 0 saturated heterocycles. The van der Waals surface area contributed by atoms with Crippen LogP contribution in [0.4, 0.5) is 0 Å². The van der Waals surface area contributed by atoms with Gasteiger partial charge in [-0.15, -0.1) is 46.2 Å². The van der Waals surface area contributed by atoms with E-state index in [-0.39, 0.29) is 9.81 Å². The van der Waals surface area contributed by atoms with Gasteiger partial charge in [0.2, 0.25) is 19.7 Å². The number of hydrogen-bond acceptors (Lipinski definition) is 8. The van der Waals surface area contributed by atoms with Crippen LogP contribution in [0.25, 0.3) is 9.81 Å². The normalized spacial score (nSPS) is 18.1. The van der Waals surface area contributed by atoms with Crippen LogP contribution >= 0.6 is 46.2 Å². The maximum atomic E-state index is 14.2. The number of thiophene rings is 2. The zero-order valence-corrected chi connectivity index (χ0v) is 28.5. The molecule has 0 spiro atoms. The molecule has 4 rings (SSSR count). The molecule has 0 unspecified atom stereocenters. The molecule has 0 N–H and O–H groups in total. The molecule has 0 aromatic carbocycles. The van der Waals surface area contributed by atoms with Crippen LogP contribution in [0.5, 0.6) is 0 Å². The maximum Gasteiger partial charge on any atom is 0.209 e. The van der Waals surface area contributed by atoms with Gasteiger partial charge in [0, 0.05) is 9.75 Å². The summed E-state index contributed by atoms with van der Waals surface area (Å²) >= 11 is 6.08. The highest BCUT2D eigenvalue weighted by Crippen LogP contribution is 2.51. The second-order valence-corrected chi connectivity index (χ2v) is 18.1. The van der Waals surface area contributed by atoms with Crippen LogP contribution < -0.4 is 0 Å². The quantitative estimate of drug-likeness (QED) is 0.141. The number of thioether (sulfide) groups is 2. The molecule has 2 aliphatic rings. The molecule has 2 aromatic rings. The molecule has 10 heteroatoms. The van der Waals surface area contributed by atoms with Gasteiger partial charge in [0.05, 0.1) is 28.0 Å². The van der Waals surface area contributed by atoms with Crippen molar-refractivity contribution in [3.63, 3.8) is 0 Å². The van der Waals surface area contributed by atoms with Crippen molar-refractivity contribution in [2.45, 2.75) is 86.5 Å². The third-order valence-electron chi connectivity index (χ3n) is 7.17. The van der Waals surface area contributed by atoms with Crippen LogP contribution in [0.15, 0.2) is 65.8 Å². The molecule has 40 heavy (non-hydrogen) atoms. The summed E-state index contributed by atoms with van der Waals surface area (Å²) in [7, 11) is -8.03. The molecule has 0 saturated carbocycles. The van der Waals surface area contributed by atoms with Gasteiger partial charge < -0.3 is 0 Å². The molecule has 4 heterocycles. The van der Waals surface area contributed by atoms with E-state index in [9.17, 15) is 16.8 Å². The van der Waals surface area contributed by atoms with E-state index in [1.165, 1.54) is 22.7 Å². The summed E-state index contributed by atoms with van der Waals surface area (Å²) in [5, 5.41) is 0. The minimum Gasteiger partial charge on any atom is -0.218 e. The van der Waals surface area contributed by atoms with Crippen molar-refractivity contribution >= 4 is 75.7 Å². The third-order valence-corrected chi connectivity index (χ3v) is 15.8. The molecule has 0 aliphatic carbocycles. The summed E-state index contributed by atoms with van der Waals surface area (Å²) in [4.78, 5) is 1.84. The summed E-state index contributed by atoms with van der Waals surface area (Å²) in [5.74, 6) is 0. The van der Waals surface area contributed by atoms with E-state index in [0.717, 1.165) is 70.9 Å².